The van der Waals surface area contributed by atoms with Crippen molar-refractivity contribution in [3.8, 4) is 0 Å². The van der Waals surface area contributed by atoms with Crippen LogP contribution >= 0.6 is 0 Å². The number of nitrogens with one attached hydrogen (secondary N) is 2. The van der Waals surface area contributed by atoms with E-state index in [4.69, 9.17) is 0 Å². The van der Waals surface area contributed by atoms with E-state index in [0.717, 1.165) is 50.6 Å². The Morgan fingerprint density at radius 1 is 1.23 bits per heavy atom. The summed E-state index contributed by atoms with van der Waals surface area (Å²) in [7, 11) is 0. The number of carbonyl (C=O) groups is 1. The van der Waals surface area contributed by atoms with E-state index in [-0.39, 0.29) is 5.91 Å². The minimum Gasteiger partial charge on any atom is -0.376 e. The van der Waals surface area contributed by atoms with Crippen LogP contribution in [0, 0.1) is 19.8 Å². The fourth-order valence-corrected chi connectivity index (χ4v) is 3.10. The van der Waals surface area contributed by atoms with Gasteiger partial charge in [0.1, 0.15) is 0 Å². The van der Waals surface area contributed by atoms with E-state index in [1.54, 1.807) is 0 Å². The van der Waals surface area contributed by atoms with Crippen LogP contribution in [0.4, 0.5) is 5.69 Å². The number of likely N-dealkylation sites (tertiary alicyclic amines) is 1. The lowest BCUT2D eigenvalue weighted by Gasteiger charge is -2.32. The highest BCUT2D eigenvalue weighted by Gasteiger charge is 2.22. The SMILES string of the molecule is CCNCC1CCN(C(=O)CNc2c(C)cccc2C)CC1. The number of benzene rings is 1. The predicted octanol–water partition coefficient (Wildman–Crippen LogP) is 2.56. The molecule has 22 heavy (non-hydrogen) atoms. The number of anilines is 1. The maximum Gasteiger partial charge on any atom is 0.241 e. The van der Waals surface area contributed by atoms with Crippen molar-refractivity contribution in [3.63, 3.8) is 0 Å². The van der Waals surface area contributed by atoms with Gasteiger partial charge in [0.25, 0.3) is 0 Å². The number of para-hydroxylation sites is 1. The van der Waals surface area contributed by atoms with Gasteiger partial charge in [0.2, 0.25) is 5.91 Å². The van der Waals surface area contributed by atoms with Gasteiger partial charge in [-0.05, 0) is 56.8 Å². The Morgan fingerprint density at radius 2 is 1.86 bits per heavy atom. The predicted molar refractivity (Wildman–Crippen MR) is 92.3 cm³/mol. The Bertz CT molecular complexity index is 473. The lowest BCUT2D eigenvalue weighted by molar-refractivity contribution is -0.130. The van der Waals surface area contributed by atoms with Crippen LogP contribution in [-0.2, 0) is 4.79 Å². The van der Waals surface area contributed by atoms with Crippen molar-refractivity contribution in [3.05, 3.63) is 29.3 Å². The van der Waals surface area contributed by atoms with Crippen LogP contribution in [0.25, 0.3) is 0 Å². The maximum atomic E-state index is 12.4. The second-order valence-corrected chi connectivity index (χ2v) is 6.25. The largest absolute Gasteiger partial charge is 0.376 e. The van der Waals surface area contributed by atoms with Gasteiger partial charge in [-0.2, -0.15) is 0 Å². The molecule has 1 fully saturated rings. The number of amides is 1. The van der Waals surface area contributed by atoms with E-state index in [1.807, 2.05) is 11.0 Å². The number of carbonyl (C=O) groups excluding carboxylic acids is 1. The third-order valence-electron chi connectivity index (χ3n) is 4.55. The Hall–Kier alpha value is -1.55. The Labute approximate surface area is 134 Å². The first kappa shape index (κ1) is 16.8. The molecule has 4 nitrogen and oxygen atoms in total. The van der Waals surface area contributed by atoms with E-state index in [2.05, 4.69) is 43.5 Å². The quantitative estimate of drug-likeness (QED) is 0.849. The standard InChI is InChI=1S/C18H29N3O/c1-4-19-12-16-8-10-21(11-9-16)17(22)13-20-18-14(2)6-5-7-15(18)3/h5-7,16,19-20H,4,8-13H2,1-3H3. The van der Waals surface area contributed by atoms with Crippen molar-refractivity contribution in [1.82, 2.24) is 10.2 Å². The molecular formula is C18H29N3O. The smallest absolute Gasteiger partial charge is 0.241 e. The molecule has 0 aliphatic carbocycles. The molecule has 0 bridgehead atoms. The van der Waals surface area contributed by atoms with Crippen LogP contribution in [0.3, 0.4) is 0 Å². The van der Waals surface area contributed by atoms with Gasteiger partial charge in [-0.25, -0.2) is 0 Å². The number of aryl methyl sites for hydroxylation is 2. The zero-order chi connectivity index (χ0) is 15.9. The molecule has 0 atom stereocenters. The molecule has 0 aromatic heterocycles. The fraction of sp³-hybridized carbons (Fsp3) is 0.611. The molecule has 1 aliphatic rings. The third kappa shape index (κ3) is 4.47. The van der Waals surface area contributed by atoms with E-state index in [9.17, 15) is 4.79 Å². The molecular weight excluding hydrogens is 274 g/mol. The number of rotatable bonds is 6. The monoisotopic (exact) mass is 303 g/mol. The molecule has 2 rings (SSSR count). The number of nitrogens with zero attached hydrogens (tertiary/aromatic N) is 1. The highest BCUT2D eigenvalue weighted by atomic mass is 16.2. The summed E-state index contributed by atoms with van der Waals surface area (Å²) in [5.41, 5.74) is 3.48. The van der Waals surface area contributed by atoms with Gasteiger partial charge in [0, 0.05) is 18.8 Å². The van der Waals surface area contributed by atoms with Crippen molar-refractivity contribution in [2.75, 3.05) is 38.0 Å². The van der Waals surface area contributed by atoms with Gasteiger partial charge in [-0.1, -0.05) is 25.1 Å². The van der Waals surface area contributed by atoms with Gasteiger partial charge in [-0.15, -0.1) is 0 Å². The van der Waals surface area contributed by atoms with Gasteiger partial charge in [0.15, 0.2) is 0 Å². The fourth-order valence-electron chi connectivity index (χ4n) is 3.10. The molecule has 1 heterocycles. The van der Waals surface area contributed by atoms with E-state index >= 15 is 0 Å². The first-order chi connectivity index (χ1) is 10.6. The molecule has 1 amide bonds. The van der Waals surface area contributed by atoms with Crippen molar-refractivity contribution >= 4 is 11.6 Å². The van der Waals surface area contributed by atoms with E-state index in [0.29, 0.717) is 6.54 Å². The Morgan fingerprint density at radius 3 is 2.45 bits per heavy atom. The van der Waals surface area contributed by atoms with Crippen molar-refractivity contribution < 1.29 is 4.79 Å². The zero-order valence-corrected chi connectivity index (χ0v) is 14.1. The average Bonchev–Trinajstić information content (AvgIpc) is 2.52. The number of hydrogen-bond acceptors (Lipinski definition) is 3. The first-order valence-corrected chi connectivity index (χ1v) is 8.40. The van der Waals surface area contributed by atoms with Gasteiger partial charge < -0.3 is 15.5 Å². The zero-order valence-electron chi connectivity index (χ0n) is 14.1. The van der Waals surface area contributed by atoms with E-state index in [1.165, 1.54) is 11.1 Å². The lowest BCUT2D eigenvalue weighted by Crippen LogP contribution is -2.43. The summed E-state index contributed by atoms with van der Waals surface area (Å²) in [6.45, 7) is 10.6. The molecule has 0 saturated carbocycles. The summed E-state index contributed by atoms with van der Waals surface area (Å²) in [5, 5.41) is 6.73. The number of piperidine rings is 1. The minimum absolute atomic E-state index is 0.213. The van der Waals surface area contributed by atoms with Crippen LogP contribution < -0.4 is 10.6 Å². The molecule has 122 valence electrons. The maximum absolute atomic E-state index is 12.4. The van der Waals surface area contributed by atoms with E-state index < -0.39 is 0 Å². The minimum atomic E-state index is 0.213. The average molecular weight is 303 g/mol. The molecule has 0 spiro atoms. The number of hydrogen-bond donors (Lipinski definition) is 2. The Kier molecular flexibility index (Phi) is 6.25. The summed E-state index contributed by atoms with van der Waals surface area (Å²) >= 11 is 0. The van der Waals surface area contributed by atoms with Crippen LogP contribution in [0.2, 0.25) is 0 Å². The summed E-state index contributed by atoms with van der Waals surface area (Å²) < 4.78 is 0. The van der Waals surface area contributed by atoms with Gasteiger partial charge in [-0.3, -0.25) is 4.79 Å². The van der Waals surface area contributed by atoms with Gasteiger partial charge >= 0.3 is 0 Å². The normalized spacial score (nSPS) is 15.9. The highest BCUT2D eigenvalue weighted by Crippen LogP contribution is 2.20. The van der Waals surface area contributed by atoms with Crippen LogP contribution in [0.1, 0.15) is 30.9 Å². The summed E-state index contributed by atoms with van der Waals surface area (Å²) in [5.74, 6) is 0.931. The summed E-state index contributed by atoms with van der Waals surface area (Å²) in [4.78, 5) is 14.4. The molecule has 1 saturated heterocycles. The van der Waals surface area contributed by atoms with Crippen LogP contribution in [0.5, 0.6) is 0 Å². The topological polar surface area (TPSA) is 44.4 Å². The van der Waals surface area contributed by atoms with Crippen molar-refractivity contribution in [2.24, 2.45) is 5.92 Å². The van der Waals surface area contributed by atoms with Crippen LogP contribution in [-0.4, -0.2) is 43.5 Å². The highest BCUT2D eigenvalue weighted by molar-refractivity contribution is 5.81. The second kappa shape index (κ2) is 8.18. The molecule has 1 aliphatic heterocycles. The lowest BCUT2D eigenvalue weighted by atomic mass is 9.97. The van der Waals surface area contributed by atoms with Crippen molar-refractivity contribution in [1.29, 1.82) is 0 Å². The van der Waals surface area contributed by atoms with Crippen LogP contribution in [0.15, 0.2) is 18.2 Å². The molecule has 4 heteroatoms. The molecule has 1 aromatic carbocycles. The molecule has 1 aromatic rings. The second-order valence-electron chi connectivity index (χ2n) is 6.25. The Balaban J connectivity index is 1.79. The van der Waals surface area contributed by atoms with Gasteiger partial charge in [0.05, 0.1) is 6.54 Å². The first-order valence-electron chi connectivity index (χ1n) is 8.40. The molecule has 0 radical (unpaired) electrons. The molecule has 0 unspecified atom stereocenters. The van der Waals surface area contributed by atoms with Crippen molar-refractivity contribution in [2.45, 2.75) is 33.6 Å². The third-order valence-corrected chi connectivity index (χ3v) is 4.55. The summed E-state index contributed by atoms with van der Waals surface area (Å²) in [6, 6.07) is 6.20. The summed E-state index contributed by atoms with van der Waals surface area (Å²) in [6.07, 6.45) is 2.23. The molecule has 2 N–H and O–H groups in total.